The number of halogens is 1. The Kier molecular flexibility index (Phi) is 3.14. The lowest BCUT2D eigenvalue weighted by atomic mass is 10.1. The van der Waals surface area contributed by atoms with Crippen LogP contribution < -0.4 is 4.18 Å². The van der Waals surface area contributed by atoms with E-state index in [0.717, 1.165) is 10.8 Å². The highest BCUT2D eigenvalue weighted by molar-refractivity contribution is 8.12. The van der Waals surface area contributed by atoms with Crippen molar-refractivity contribution in [3.63, 3.8) is 0 Å². The Balaban J connectivity index is 2.26. The summed E-state index contributed by atoms with van der Waals surface area (Å²) in [6, 6.07) is 13.5. The molecule has 15 heavy (non-hydrogen) atoms. The van der Waals surface area contributed by atoms with Gasteiger partial charge < -0.3 is 4.18 Å². The average molecular weight is 239 g/mol. The highest BCUT2D eigenvalue weighted by atomic mass is 35.5. The van der Waals surface area contributed by atoms with Crippen LogP contribution in [0.3, 0.4) is 0 Å². The summed E-state index contributed by atoms with van der Waals surface area (Å²) in [6.07, 6.45) is 0. The SMILES string of the molecule is O=C(Cl)SOc1ccc2ccccc2c1. The van der Waals surface area contributed by atoms with Gasteiger partial charge in [0.25, 0.3) is 0 Å². The van der Waals surface area contributed by atoms with E-state index in [4.69, 9.17) is 15.8 Å². The van der Waals surface area contributed by atoms with Crippen molar-refractivity contribution in [2.24, 2.45) is 0 Å². The van der Waals surface area contributed by atoms with E-state index in [1.54, 1.807) is 6.07 Å². The summed E-state index contributed by atoms with van der Waals surface area (Å²) in [6.45, 7) is 0. The number of rotatable bonds is 2. The number of carbonyl (C=O) groups excluding carboxylic acids is 1. The predicted molar refractivity (Wildman–Crippen MR) is 63.4 cm³/mol. The summed E-state index contributed by atoms with van der Waals surface area (Å²) in [7, 11) is 0. The number of hydrogen-bond donors (Lipinski definition) is 0. The maximum absolute atomic E-state index is 10.5. The molecule has 2 nitrogen and oxygen atoms in total. The van der Waals surface area contributed by atoms with Crippen LogP contribution in [-0.2, 0) is 0 Å². The van der Waals surface area contributed by atoms with Crippen LogP contribution in [0.15, 0.2) is 42.5 Å². The van der Waals surface area contributed by atoms with Gasteiger partial charge in [-0.05, 0) is 34.5 Å². The zero-order chi connectivity index (χ0) is 10.7. The normalized spacial score (nSPS) is 10.2. The number of hydrogen-bond acceptors (Lipinski definition) is 3. The summed E-state index contributed by atoms with van der Waals surface area (Å²) < 4.78 is 4.53. The summed E-state index contributed by atoms with van der Waals surface area (Å²) in [5, 5.41) is 2.20. The van der Waals surface area contributed by atoms with Crippen molar-refractivity contribution in [3.8, 4) is 5.75 Å². The maximum Gasteiger partial charge on any atom is 0.318 e. The van der Waals surface area contributed by atoms with Gasteiger partial charge in [0.1, 0.15) is 17.8 Å². The van der Waals surface area contributed by atoms with Crippen LogP contribution in [0.2, 0.25) is 0 Å². The summed E-state index contributed by atoms with van der Waals surface area (Å²) in [4.78, 5) is 10.5. The average Bonchev–Trinajstić information content (AvgIpc) is 2.26. The van der Waals surface area contributed by atoms with Crippen molar-refractivity contribution in [1.82, 2.24) is 0 Å². The molecule has 0 aliphatic carbocycles. The van der Waals surface area contributed by atoms with Crippen LogP contribution in [0.1, 0.15) is 0 Å². The molecule has 0 aliphatic rings. The van der Waals surface area contributed by atoms with Gasteiger partial charge in [0.2, 0.25) is 0 Å². The predicted octanol–water partition coefficient (Wildman–Crippen LogP) is 4.23. The van der Waals surface area contributed by atoms with Gasteiger partial charge in [0.05, 0.1) is 0 Å². The van der Waals surface area contributed by atoms with Crippen molar-refractivity contribution in [2.45, 2.75) is 0 Å². The monoisotopic (exact) mass is 238 g/mol. The third-order valence-corrected chi connectivity index (χ3v) is 2.52. The topological polar surface area (TPSA) is 26.3 Å². The van der Waals surface area contributed by atoms with Crippen molar-refractivity contribution < 1.29 is 8.98 Å². The van der Waals surface area contributed by atoms with E-state index in [2.05, 4.69) is 0 Å². The van der Waals surface area contributed by atoms with E-state index < -0.39 is 4.57 Å². The molecule has 2 rings (SSSR count). The molecule has 0 saturated carbocycles. The first-order chi connectivity index (χ1) is 7.25. The van der Waals surface area contributed by atoms with Gasteiger partial charge in [-0.25, -0.2) is 0 Å². The molecule has 0 unspecified atom stereocenters. The summed E-state index contributed by atoms with van der Waals surface area (Å²) in [5.74, 6) is 0.618. The second-order valence-electron chi connectivity index (χ2n) is 2.91. The zero-order valence-electron chi connectivity index (χ0n) is 7.64. The number of benzene rings is 2. The first-order valence-electron chi connectivity index (χ1n) is 4.28. The molecule has 0 saturated heterocycles. The first-order valence-corrected chi connectivity index (χ1v) is 5.40. The van der Waals surface area contributed by atoms with Crippen molar-refractivity contribution in [3.05, 3.63) is 42.5 Å². The summed E-state index contributed by atoms with van der Waals surface area (Å²) in [5.41, 5.74) is 0. The highest BCUT2D eigenvalue weighted by Crippen LogP contribution is 2.24. The third kappa shape index (κ3) is 2.64. The molecule has 76 valence electrons. The van der Waals surface area contributed by atoms with Crippen molar-refractivity contribution in [1.29, 1.82) is 0 Å². The Morgan fingerprint density at radius 1 is 1.13 bits per heavy atom. The van der Waals surface area contributed by atoms with Crippen LogP contribution in [0, 0.1) is 0 Å². The highest BCUT2D eigenvalue weighted by Gasteiger charge is 2.01. The zero-order valence-corrected chi connectivity index (χ0v) is 9.22. The third-order valence-electron chi connectivity index (χ3n) is 1.92. The molecule has 0 amide bonds. The molecule has 2 aromatic rings. The Labute approximate surface area is 96.4 Å². The Hall–Kier alpha value is -1.19. The van der Waals surface area contributed by atoms with Crippen molar-refractivity contribution in [2.75, 3.05) is 0 Å². The Morgan fingerprint density at radius 3 is 2.60 bits per heavy atom. The van der Waals surface area contributed by atoms with Gasteiger partial charge in [0.15, 0.2) is 0 Å². The lowest BCUT2D eigenvalue weighted by Crippen LogP contribution is -1.84. The van der Waals surface area contributed by atoms with E-state index in [1.807, 2.05) is 36.4 Å². The molecule has 0 aromatic heterocycles. The summed E-state index contributed by atoms with van der Waals surface area (Å²) >= 11 is 5.76. The maximum atomic E-state index is 10.5. The van der Waals surface area contributed by atoms with Crippen LogP contribution in [-0.4, -0.2) is 4.57 Å². The molecule has 0 bridgehead atoms. The van der Waals surface area contributed by atoms with Gasteiger partial charge in [-0.3, -0.25) is 4.79 Å². The molecular weight excluding hydrogens is 232 g/mol. The molecule has 0 heterocycles. The lowest BCUT2D eigenvalue weighted by molar-refractivity contribution is 0.275. The molecule has 4 heteroatoms. The number of fused-ring (bicyclic) bond motifs is 1. The van der Waals surface area contributed by atoms with Gasteiger partial charge in [-0.1, -0.05) is 30.3 Å². The van der Waals surface area contributed by atoms with E-state index in [-0.39, 0.29) is 0 Å². The Bertz CT molecular complexity index is 499. The van der Waals surface area contributed by atoms with Crippen LogP contribution in [0.25, 0.3) is 10.8 Å². The van der Waals surface area contributed by atoms with Crippen LogP contribution in [0.4, 0.5) is 4.79 Å². The minimum Gasteiger partial charge on any atom is -0.416 e. The van der Waals surface area contributed by atoms with Crippen molar-refractivity contribution >= 4 is 39.0 Å². The largest absolute Gasteiger partial charge is 0.416 e. The van der Waals surface area contributed by atoms with Gasteiger partial charge in [-0.2, -0.15) is 0 Å². The number of carbonyl (C=O) groups is 1. The quantitative estimate of drug-likeness (QED) is 0.579. The second kappa shape index (κ2) is 4.55. The van der Waals surface area contributed by atoms with Gasteiger partial charge in [0, 0.05) is 0 Å². The van der Waals surface area contributed by atoms with Crippen LogP contribution >= 0.6 is 23.6 Å². The molecule has 0 radical (unpaired) electrons. The molecule has 0 fully saturated rings. The Morgan fingerprint density at radius 2 is 1.87 bits per heavy atom. The standard InChI is InChI=1S/C11H7ClO2S/c12-11(13)15-14-10-6-5-8-3-1-2-4-9(8)7-10/h1-7H. The van der Waals surface area contributed by atoms with E-state index in [1.165, 1.54) is 0 Å². The van der Waals surface area contributed by atoms with Gasteiger partial charge in [-0.15, -0.1) is 0 Å². The molecule has 0 atom stereocenters. The lowest BCUT2D eigenvalue weighted by Gasteiger charge is -2.02. The molecule has 0 N–H and O–H groups in total. The second-order valence-corrected chi connectivity index (χ2v) is 4.18. The minimum atomic E-state index is -0.580. The van der Waals surface area contributed by atoms with E-state index in [0.29, 0.717) is 17.8 Å². The minimum absolute atomic E-state index is 0.580. The fraction of sp³-hybridized carbons (Fsp3) is 0. The fourth-order valence-corrected chi connectivity index (χ4v) is 1.66. The fourth-order valence-electron chi connectivity index (χ4n) is 1.30. The van der Waals surface area contributed by atoms with E-state index in [9.17, 15) is 4.79 Å². The van der Waals surface area contributed by atoms with Crippen LogP contribution in [0.5, 0.6) is 5.75 Å². The molecule has 0 aliphatic heterocycles. The first kappa shape index (κ1) is 10.3. The molecule has 2 aromatic carbocycles. The molecule has 0 spiro atoms. The molecular formula is C11H7ClO2S. The van der Waals surface area contributed by atoms with E-state index >= 15 is 0 Å². The van der Waals surface area contributed by atoms with Gasteiger partial charge >= 0.3 is 4.57 Å². The smallest absolute Gasteiger partial charge is 0.318 e.